The predicted molar refractivity (Wildman–Crippen MR) is 91.7 cm³/mol. The van der Waals surface area contributed by atoms with Gasteiger partial charge in [-0.2, -0.15) is 5.26 Å². The van der Waals surface area contributed by atoms with Gasteiger partial charge in [0.15, 0.2) is 0 Å². The molecule has 4 heteroatoms. The molecule has 3 rings (SSSR count). The molecule has 0 unspecified atom stereocenters. The SMILES string of the molecule is Cc1ccc(NC(=O)/C(C#N)=C\c2c[nH]c3ccccc23)cc1. The van der Waals surface area contributed by atoms with Crippen LogP contribution in [0.4, 0.5) is 5.69 Å². The lowest BCUT2D eigenvalue weighted by Crippen LogP contribution is -2.13. The summed E-state index contributed by atoms with van der Waals surface area (Å²) in [5.41, 5.74) is 3.63. The number of fused-ring (bicyclic) bond motifs is 1. The van der Waals surface area contributed by atoms with Gasteiger partial charge in [-0.3, -0.25) is 4.79 Å². The van der Waals surface area contributed by atoms with Crippen molar-refractivity contribution < 1.29 is 4.79 Å². The van der Waals surface area contributed by atoms with Gasteiger partial charge in [-0.15, -0.1) is 0 Å². The minimum absolute atomic E-state index is 0.0651. The van der Waals surface area contributed by atoms with E-state index in [9.17, 15) is 10.1 Å². The molecule has 0 saturated heterocycles. The van der Waals surface area contributed by atoms with E-state index in [0.717, 1.165) is 22.0 Å². The fourth-order valence-electron chi connectivity index (χ4n) is 2.35. The van der Waals surface area contributed by atoms with Crippen LogP contribution in [0.1, 0.15) is 11.1 Å². The van der Waals surface area contributed by atoms with Crippen LogP contribution in [0.15, 0.2) is 60.3 Å². The molecule has 4 nitrogen and oxygen atoms in total. The Labute approximate surface area is 134 Å². The highest BCUT2D eigenvalue weighted by atomic mass is 16.1. The molecular weight excluding hydrogens is 286 g/mol. The van der Waals surface area contributed by atoms with Gasteiger partial charge >= 0.3 is 0 Å². The van der Waals surface area contributed by atoms with E-state index in [1.54, 1.807) is 12.3 Å². The minimum atomic E-state index is -0.415. The van der Waals surface area contributed by atoms with Crippen LogP contribution in [0.2, 0.25) is 0 Å². The number of nitrogens with one attached hydrogen (secondary N) is 2. The van der Waals surface area contributed by atoms with Gasteiger partial charge in [0, 0.05) is 28.4 Å². The van der Waals surface area contributed by atoms with E-state index >= 15 is 0 Å². The quantitative estimate of drug-likeness (QED) is 0.566. The van der Waals surface area contributed by atoms with Crippen LogP contribution >= 0.6 is 0 Å². The Hall–Kier alpha value is -3.32. The molecule has 1 heterocycles. The Kier molecular flexibility index (Phi) is 3.94. The molecule has 0 aliphatic carbocycles. The summed E-state index contributed by atoms with van der Waals surface area (Å²) in [7, 11) is 0. The highest BCUT2D eigenvalue weighted by Crippen LogP contribution is 2.20. The van der Waals surface area contributed by atoms with Crippen molar-refractivity contribution in [2.24, 2.45) is 0 Å². The smallest absolute Gasteiger partial charge is 0.266 e. The van der Waals surface area contributed by atoms with E-state index in [4.69, 9.17) is 0 Å². The van der Waals surface area contributed by atoms with Gasteiger partial charge in [-0.1, -0.05) is 35.9 Å². The van der Waals surface area contributed by atoms with Gasteiger partial charge in [0.25, 0.3) is 5.91 Å². The Morgan fingerprint density at radius 2 is 1.91 bits per heavy atom. The van der Waals surface area contributed by atoms with Crippen molar-refractivity contribution in [1.82, 2.24) is 4.98 Å². The van der Waals surface area contributed by atoms with Crippen molar-refractivity contribution in [3.8, 4) is 6.07 Å². The van der Waals surface area contributed by atoms with Crippen molar-refractivity contribution in [2.45, 2.75) is 6.92 Å². The first-order chi connectivity index (χ1) is 11.2. The second-order valence-electron chi connectivity index (χ2n) is 5.28. The van der Waals surface area contributed by atoms with Gasteiger partial charge < -0.3 is 10.3 Å². The van der Waals surface area contributed by atoms with E-state index in [0.29, 0.717) is 5.69 Å². The average Bonchev–Trinajstić information content (AvgIpc) is 2.97. The number of nitrogens with zero attached hydrogens (tertiary/aromatic N) is 1. The van der Waals surface area contributed by atoms with Gasteiger partial charge in [-0.25, -0.2) is 0 Å². The number of hydrogen-bond donors (Lipinski definition) is 2. The summed E-state index contributed by atoms with van der Waals surface area (Å²) in [6.07, 6.45) is 3.39. The maximum atomic E-state index is 12.3. The van der Waals surface area contributed by atoms with Gasteiger partial charge in [-0.05, 0) is 31.2 Å². The summed E-state index contributed by atoms with van der Waals surface area (Å²) in [5, 5.41) is 13.0. The van der Waals surface area contributed by atoms with Crippen molar-refractivity contribution in [3.05, 3.63) is 71.4 Å². The second-order valence-corrected chi connectivity index (χ2v) is 5.28. The first-order valence-corrected chi connectivity index (χ1v) is 7.23. The summed E-state index contributed by atoms with van der Waals surface area (Å²) in [4.78, 5) is 15.4. The molecule has 0 radical (unpaired) electrons. The number of aromatic nitrogens is 1. The lowest BCUT2D eigenvalue weighted by molar-refractivity contribution is -0.112. The summed E-state index contributed by atoms with van der Waals surface area (Å²) in [6, 6.07) is 17.2. The molecule has 112 valence electrons. The van der Waals surface area contributed by atoms with Crippen molar-refractivity contribution >= 4 is 28.6 Å². The van der Waals surface area contributed by atoms with Gasteiger partial charge in [0.1, 0.15) is 11.6 Å². The normalized spacial score (nSPS) is 11.2. The highest BCUT2D eigenvalue weighted by molar-refractivity contribution is 6.10. The Morgan fingerprint density at radius 1 is 1.17 bits per heavy atom. The number of aryl methyl sites for hydroxylation is 1. The molecule has 2 aromatic carbocycles. The maximum absolute atomic E-state index is 12.3. The Morgan fingerprint density at radius 3 is 2.65 bits per heavy atom. The number of amides is 1. The first kappa shape index (κ1) is 14.6. The molecule has 23 heavy (non-hydrogen) atoms. The molecule has 0 aliphatic heterocycles. The standard InChI is InChI=1S/C19H15N3O/c1-13-6-8-16(9-7-13)22-19(23)14(11-20)10-15-12-21-18-5-3-2-4-17(15)18/h2-10,12,21H,1H3,(H,22,23)/b14-10-. The number of rotatable bonds is 3. The molecule has 1 amide bonds. The molecule has 0 saturated carbocycles. The third-order valence-electron chi connectivity index (χ3n) is 3.60. The van der Waals surface area contributed by atoms with Crippen LogP contribution in [-0.2, 0) is 4.79 Å². The average molecular weight is 301 g/mol. The third-order valence-corrected chi connectivity index (χ3v) is 3.60. The number of H-pyrrole nitrogens is 1. The third kappa shape index (κ3) is 3.14. The van der Waals surface area contributed by atoms with E-state index < -0.39 is 5.91 Å². The summed E-state index contributed by atoms with van der Waals surface area (Å²) in [5.74, 6) is -0.415. The molecule has 0 spiro atoms. The molecule has 3 aromatic rings. The van der Waals surface area contributed by atoms with Crippen LogP contribution in [-0.4, -0.2) is 10.9 Å². The molecule has 2 N–H and O–H groups in total. The fraction of sp³-hybridized carbons (Fsp3) is 0.0526. The van der Waals surface area contributed by atoms with Crippen LogP contribution in [0.3, 0.4) is 0 Å². The Balaban J connectivity index is 1.88. The zero-order chi connectivity index (χ0) is 16.2. The van der Waals surface area contributed by atoms with Gasteiger partial charge in [0.05, 0.1) is 0 Å². The second kappa shape index (κ2) is 6.20. The summed E-state index contributed by atoms with van der Waals surface area (Å²) >= 11 is 0. The first-order valence-electron chi connectivity index (χ1n) is 7.23. The van der Waals surface area contributed by atoms with Crippen LogP contribution in [0.5, 0.6) is 0 Å². The van der Waals surface area contributed by atoms with Crippen molar-refractivity contribution in [1.29, 1.82) is 5.26 Å². The number of nitriles is 1. The minimum Gasteiger partial charge on any atom is -0.361 e. The van der Waals surface area contributed by atoms with Crippen LogP contribution in [0, 0.1) is 18.3 Å². The summed E-state index contributed by atoms with van der Waals surface area (Å²) in [6.45, 7) is 1.98. The Bertz CT molecular complexity index is 927. The van der Waals surface area contributed by atoms with Crippen molar-refractivity contribution in [3.63, 3.8) is 0 Å². The molecule has 1 aromatic heterocycles. The number of aromatic amines is 1. The van der Waals surface area contributed by atoms with Crippen LogP contribution in [0.25, 0.3) is 17.0 Å². The lowest BCUT2D eigenvalue weighted by Gasteiger charge is -2.04. The predicted octanol–water partition coefficient (Wildman–Crippen LogP) is 4.02. The van der Waals surface area contributed by atoms with E-state index in [2.05, 4.69) is 10.3 Å². The zero-order valence-electron chi connectivity index (χ0n) is 12.6. The molecular formula is C19H15N3O. The maximum Gasteiger partial charge on any atom is 0.266 e. The number of carbonyl (C=O) groups excluding carboxylic acids is 1. The van der Waals surface area contributed by atoms with E-state index in [1.807, 2.05) is 61.5 Å². The molecule has 0 aliphatic rings. The zero-order valence-corrected chi connectivity index (χ0v) is 12.6. The largest absolute Gasteiger partial charge is 0.361 e. The van der Waals surface area contributed by atoms with E-state index in [-0.39, 0.29) is 5.57 Å². The van der Waals surface area contributed by atoms with Gasteiger partial charge in [0.2, 0.25) is 0 Å². The highest BCUT2D eigenvalue weighted by Gasteiger charge is 2.11. The fourth-order valence-corrected chi connectivity index (χ4v) is 2.35. The molecule has 0 fully saturated rings. The van der Waals surface area contributed by atoms with Crippen LogP contribution < -0.4 is 5.32 Å². The van der Waals surface area contributed by atoms with E-state index in [1.165, 1.54) is 0 Å². The molecule has 0 bridgehead atoms. The van der Waals surface area contributed by atoms with Crippen molar-refractivity contribution in [2.75, 3.05) is 5.32 Å². The lowest BCUT2D eigenvalue weighted by atomic mass is 10.1. The number of anilines is 1. The number of hydrogen-bond acceptors (Lipinski definition) is 2. The number of benzene rings is 2. The number of para-hydroxylation sites is 1. The summed E-state index contributed by atoms with van der Waals surface area (Å²) < 4.78 is 0. The number of carbonyl (C=O) groups is 1. The monoisotopic (exact) mass is 301 g/mol. The topological polar surface area (TPSA) is 68.7 Å². The molecule has 0 atom stereocenters.